The number of hydrogen-bond donors (Lipinski definition) is 1. The molecule has 108 valence electrons. The van der Waals surface area contributed by atoms with E-state index in [2.05, 4.69) is 17.1 Å². The molecule has 6 heteroatoms. The third-order valence-electron chi connectivity index (χ3n) is 3.35. The van der Waals surface area contributed by atoms with Crippen molar-refractivity contribution in [1.29, 1.82) is 0 Å². The summed E-state index contributed by atoms with van der Waals surface area (Å²) in [5, 5.41) is 12.8. The van der Waals surface area contributed by atoms with Crippen LogP contribution in [-0.4, -0.2) is 25.8 Å². The summed E-state index contributed by atoms with van der Waals surface area (Å²) in [6.07, 6.45) is 3.38. The number of aromatic carboxylic acids is 1. The Morgan fingerprint density at radius 3 is 2.90 bits per heavy atom. The van der Waals surface area contributed by atoms with E-state index in [0.717, 1.165) is 29.7 Å². The zero-order chi connectivity index (χ0) is 14.8. The second-order valence-corrected chi connectivity index (χ2v) is 4.85. The van der Waals surface area contributed by atoms with Crippen LogP contribution < -0.4 is 0 Å². The SMILES string of the molecule is CCCc1nc2ccc(C(=O)O)cc2n1Cc1ccno1. The maximum Gasteiger partial charge on any atom is 0.335 e. The Morgan fingerprint density at radius 1 is 1.38 bits per heavy atom. The number of benzene rings is 1. The van der Waals surface area contributed by atoms with E-state index in [1.54, 1.807) is 30.5 Å². The molecule has 2 heterocycles. The van der Waals surface area contributed by atoms with Gasteiger partial charge < -0.3 is 14.2 Å². The fraction of sp³-hybridized carbons (Fsp3) is 0.267. The molecule has 0 radical (unpaired) electrons. The van der Waals surface area contributed by atoms with Crippen molar-refractivity contribution in [2.75, 3.05) is 0 Å². The number of carboxylic acid groups (broad SMARTS) is 1. The van der Waals surface area contributed by atoms with Crippen molar-refractivity contribution >= 4 is 17.0 Å². The molecule has 0 atom stereocenters. The Labute approximate surface area is 121 Å². The molecule has 2 aromatic heterocycles. The lowest BCUT2D eigenvalue weighted by atomic mass is 10.2. The molecule has 0 saturated heterocycles. The number of fused-ring (bicyclic) bond motifs is 1. The normalized spacial score (nSPS) is 11.1. The van der Waals surface area contributed by atoms with Gasteiger partial charge in [-0.1, -0.05) is 12.1 Å². The number of rotatable bonds is 5. The van der Waals surface area contributed by atoms with E-state index >= 15 is 0 Å². The molecule has 1 N–H and O–H groups in total. The van der Waals surface area contributed by atoms with Gasteiger partial charge in [0.25, 0.3) is 0 Å². The first-order chi connectivity index (χ1) is 10.2. The minimum absolute atomic E-state index is 0.254. The first-order valence-corrected chi connectivity index (χ1v) is 6.81. The second-order valence-electron chi connectivity index (χ2n) is 4.85. The van der Waals surface area contributed by atoms with Crippen LogP contribution in [0.25, 0.3) is 11.0 Å². The number of imidazole rings is 1. The zero-order valence-corrected chi connectivity index (χ0v) is 11.6. The topological polar surface area (TPSA) is 81.1 Å². The van der Waals surface area contributed by atoms with Crippen LogP contribution in [0.4, 0.5) is 0 Å². The van der Waals surface area contributed by atoms with Crippen molar-refractivity contribution in [3.8, 4) is 0 Å². The highest BCUT2D eigenvalue weighted by Crippen LogP contribution is 2.21. The van der Waals surface area contributed by atoms with Crippen molar-refractivity contribution in [2.45, 2.75) is 26.3 Å². The minimum atomic E-state index is -0.943. The molecule has 0 aliphatic rings. The van der Waals surface area contributed by atoms with Gasteiger partial charge in [0.1, 0.15) is 5.82 Å². The molecule has 6 nitrogen and oxygen atoms in total. The highest BCUT2D eigenvalue weighted by Gasteiger charge is 2.14. The van der Waals surface area contributed by atoms with Crippen molar-refractivity contribution in [2.24, 2.45) is 0 Å². The van der Waals surface area contributed by atoms with Gasteiger partial charge in [-0.3, -0.25) is 0 Å². The van der Waals surface area contributed by atoms with E-state index in [1.807, 2.05) is 4.57 Å². The smallest absolute Gasteiger partial charge is 0.335 e. The lowest BCUT2D eigenvalue weighted by Crippen LogP contribution is -2.05. The quantitative estimate of drug-likeness (QED) is 0.779. The molecule has 0 amide bonds. The van der Waals surface area contributed by atoms with Gasteiger partial charge in [0.05, 0.1) is 29.3 Å². The summed E-state index contributed by atoms with van der Waals surface area (Å²) in [5.41, 5.74) is 1.85. The minimum Gasteiger partial charge on any atom is -0.478 e. The van der Waals surface area contributed by atoms with Crippen LogP contribution >= 0.6 is 0 Å². The molecule has 0 aliphatic heterocycles. The molecular formula is C15H15N3O3. The van der Waals surface area contributed by atoms with E-state index in [0.29, 0.717) is 12.3 Å². The summed E-state index contributed by atoms with van der Waals surface area (Å²) in [6, 6.07) is 6.77. The molecule has 0 aliphatic carbocycles. The van der Waals surface area contributed by atoms with Crippen molar-refractivity contribution in [1.82, 2.24) is 14.7 Å². The van der Waals surface area contributed by atoms with Gasteiger partial charge in [-0.25, -0.2) is 9.78 Å². The first kappa shape index (κ1) is 13.4. The highest BCUT2D eigenvalue weighted by molar-refractivity contribution is 5.92. The van der Waals surface area contributed by atoms with Gasteiger partial charge in [-0.15, -0.1) is 0 Å². The molecule has 0 fully saturated rings. The van der Waals surface area contributed by atoms with Crippen LogP contribution in [-0.2, 0) is 13.0 Å². The Kier molecular flexibility index (Phi) is 3.43. The molecular weight excluding hydrogens is 270 g/mol. The van der Waals surface area contributed by atoms with Crippen LogP contribution in [0.5, 0.6) is 0 Å². The monoisotopic (exact) mass is 285 g/mol. The third-order valence-corrected chi connectivity index (χ3v) is 3.35. The van der Waals surface area contributed by atoms with Crippen molar-refractivity contribution < 1.29 is 14.4 Å². The third kappa shape index (κ3) is 2.52. The second kappa shape index (κ2) is 5.40. The van der Waals surface area contributed by atoms with E-state index in [1.165, 1.54) is 0 Å². The van der Waals surface area contributed by atoms with Crippen LogP contribution in [0, 0.1) is 0 Å². The molecule has 0 saturated carbocycles. The van der Waals surface area contributed by atoms with E-state index in [4.69, 9.17) is 9.63 Å². The largest absolute Gasteiger partial charge is 0.478 e. The van der Waals surface area contributed by atoms with E-state index in [9.17, 15) is 4.79 Å². The lowest BCUT2D eigenvalue weighted by Gasteiger charge is -2.06. The summed E-state index contributed by atoms with van der Waals surface area (Å²) >= 11 is 0. The maximum atomic E-state index is 11.1. The Bertz CT molecular complexity index is 775. The van der Waals surface area contributed by atoms with E-state index in [-0.39, 0.29) is 5.56 Å². The van der Waals surface area contributed by atoms with Crippen LogP contribution in [0.3, 0.4) is 0 Å². The first-order valence-electron chi connectivity index (χ1n) is 6.81. The van der Waals surface area contributed by atoms with Crippen LogP contribution in [0.1, 0.15) is 35.3 Å². The summed E-state index contributed by atoms with van der Waals surface area (Å²) in [4.78, 5) is 15.7. The Balaban J connectivity index is 2.13. The van der Waals surface area contributed by atoms with E-state index < -0.39 is 5.97 Å². The van der Waals surface area contributed by atoms with Crippen molar-refractivity contribution in [3.05, 3.63) is 47.6 Å². The van der Waals surface area contributed by atoms with Gasteiger partial charge in [0.15, 0.2) is 5.76 Å². The average Bonchev–Trinajstić information content (AvgIpc) is 3.08. The molecule has 3 rings (SSSR count). The molecule has 0 bridgehead atoms. The van der Waals surface area contributed by atoms with Crippen molar-refractivity contribution in [3.63, 3.8) is 0 Å². The fourth-order valence-electron chi connectivity index (χ4n) is 2.38. The summed E-state index contributed by atoms with van der Waals surface area (Å²) in [6.45, 7) is 2.58. The van der Waals surface area contributed by atoms with Gasteiger partial charge in [-0.05, 0) is 24.6 Å². The van der Waals surface area contributed by atoms with Gasteiger partial charge in [0.2, 0.25) is 0 Å². The molecule has 0 unspecified atom stereocenters. The lowest BCUT2D eigenvalue weighted by molar-refractivity contribution is 0.0697. The Morgan fingerprint density at radius 2 is 2.24 bits per heavy atom. The standard InChI is InChI=1S/C15H15N3O3/c1-2-3-14-17-12-5-4-10(15(19)20)8-13(12)18(14)9-11-6-7-16-21-11/h4-8H,2-3,9H2,1H3,(H,19,20). The molecule has 21 heavy (non-hydrogen) atoms. The maximum absolute atomic E-state index is 11.1. The summed E-state index contributed by atoms with van der Waals surface area (Å²) in [5.74, 6) is 0.695. The number of carbonyl (C=O) groups is 1. The predicted molar refractivity (Wildman–Crippen MR) is 76.3 cm³/mol. The highest BCUT2D eigenvalue weighted by atomic mass is 16.5. The van der Waals surface area contributed by atoms with Gasteiger partial charge in [-0.2, -0.15) is 0 Å². The zero-order valence-electron chi connectivity index (χ0n) is 11.6. The number of aryl methyl sites for hydroxylation is 1. The van der Waals surface area contributed by atoms with Crippen LogP contribution in [0.2, 0.25) is 0 Å². The fourth-order valence-corrected chi connectivity index (χ4v) is 2.38. The average molecular weight is 285 g/mol. The predicted octanol–water partition coefficient (Wildman–Crippen LogP) is 2.72. The van der Waals surface area contributed by atoms with Gasteiger partial charge >= 0.3 is 5.97 Å². The molecule has 1 aromatic carbocycles. The number of aromatic nitrogens is 3. The summed E-state index contributed by atoms with van der Waals surface area (Å²) in [7, 11) is 0. The Hall–Kier alpha value is -2.63. The number of hydrogen-bond acceptors (Lipinski definition) is 4. The number of carboxylic acids is 1. The molecule has 0 spiro atoms. The van der Waals surface area contributed by atoms with Crippen LogP contribution in [0.15, 0.2) is 35.0 Å². The van der Waals surface area contributed by atoms with Gasteiger partial charge in [0, 0.05) is 12.5 Å². The molecule has 3 aromatic rings. The number of nitrogens with zero attached hydrogens (tertiary/aromatic N) is 3. The summed E-state index contributed by atoms with van der Waals surface area (Å²) < 4.78 is 7.14.